The van der Waals surface area contributed by atoms with Crippen molar-refractivity contribution >= 4 is 0 Å². The lowest BCUT2D eigenvalue weighted by molar-refractivity contribution is 0.800. The van der Waals surface area contributed by atoms with Gasteiger partial charge in [0.15, 0.2) is 0 Å². The molecule has 12 heavy (non-hydrogen) atoms. The smallest absolute Gasteiger partial charge is 0.0599 e. The average molecular weight is 161 g/mol. The summed E-state index contributed by atoms with van der Waals surface area (Å²) in [6.45, 7) is 3.90. The van der Waals surface area contributed by atoms with Gasteiger partial charge in [0, 0.05) is 4.91 Å². The topological polar surface area (TPSA) is 48.8 Å². The molecule has 1 atom stereocenters. The number of azide groups is 1. The van der Waals surface area contributed by atoms with Crippen LogP contribution >= 0.6 is 0 Å². The molecular formula is C9H11N3. The van der Waals surface area contributed by atoms with Gasteiger partial charge >= 0.3 is 0 Å². The van der Waals surface area contributed by atoms with Gasteiger partial charge in [-0.2, -0.15) is 0 Å². The summed E-state index contributed by atoms with van der Waals surface area (Å²) in [7, 11) is 0. The van der Waals surface area contributed by atoms with E-state index >= 15 is 0 Å². The average Bonchev–Trinajstić information content (AvgIpc) is 2.05. The van der Waals surface area contributed by atoms with E-state index in [2.05, 4.69) is 10.0 Å². The molecule has 0 fully saturated rings. The Bertz CT molecular complexity index is 313. The zero-order chi connectivity index (χ0) is 8.97. The Labute approximate surface area is 71.7 Å². The number of hydrogen-bond donors (Lipinski definition) is 0. The van der Waals surface area contributed by atoms with Gasteiger partial charge in [0.1, 0.15) is 0 Å². The van der Waals surface area contributed by atoms with Crippen LogP contribution in [0, 0.1) is 6.92 Å². The molecule has 0 unspecified atom stereocenters. The molecule has 0 aromatic heterocycles. The normalized spacial score (nSPS) is 11.8. The first-order chi connectivity index (χ1) is 5.75. The molecule has 0 saturated heterocycles. The summed E-state index contributed by atoms with van der Waals surface area (Å²) in [5.41, 5.74) is 10.5. The van der Waals surface area contributed by atoms with E-state index in [0.717, 1.165) is 11.1 Å². The lowest BCUT2D eigenvalue weighted by Gasteiger charge is -2.07. The second-order valence-electron chi connectivity index (χ2n) is 2.74. The van der Waals surface area contributed by atoms with E-state index in [4.69, 9.17) is 5.53 Å². The van der Waals surface area contributed by atoms with Gasteiger partial charge in [-0.1, -0.05) is 36.3 Å². The first-order valence-electron chi connectivity index (χ1n) is 3.85. The zero-order valence-electron chi connectivity index (χ0n) is 7.23. The molecule has 0 spiro atoms. The van der Waals surface area contributed by atoms with Gasteiger partial charge in [0.2, 0.25) is 0 Å². The molecule has 0 amide bonds. The summed E-state index contributed by atoms with van der Waals surface area (Å²) >= 11 is 0. The molecule has 0 saturated carbocycles. The standard InChI is InChI=1S/C9H11N3/c1-7-5-3-4-6-9(7)8(2)11-12-10/h3-6,8H,1-2H3/t8-/m0/s1. The van der Waals surface area contributed by atoms with E-state index in [1.165, 1.54) is 0 Å². The summed E-state index contributed by atoms with van der Waals surface area (Å²) < 4.78 is 0. The largest absolute Gasteiger partial charge is 0.0862 e. The third-order valence-electron chi connectivity index (χ3n) is 1.86. The predicted octanol–water partition coefficient (Wildman–Crippen LogP) is 3.37. The summed E-state index contributed by atoms with van der Waals surface area (Å²) in [4.78, 5) is 2.78. The van der Waals surface area contributed by atoms with E-state index in [9.17, 15) is 0 Å². The Morgan fingerprint density at radius 2 is 2.08 bits per heavy atom. The molecule has 0 bridgehead atoms. The number of rotatable bonds is 2. The van der Waals surface area contributed by atoms with Crippen molar-refractivity contribution in [1.29, 1.82) is 0 Å². The summed E-state index contributed by atoms with van der Waals surface area (Å²) in [5, 5.41) is 3.64. The highest BCUT2D eigenvalue weighted by molar-refractivity contribution is 5.28. The maximum Gasteiger partial charge on any atom is 0.0599 e. The van der Waals surface area contributed by atoms with Gasteiger partial charge in [-0.05, 0) is 23.6 Å². The van der Waals surface area contributed by atoms with E-state index in [0.29, 0.717) is 0 Å². The van der Waals surface area contributed by atoms with E-state index in [1.54, 1.807) is 0 Å². The number of hydrogen-bond acceptors (Lipinski definition) is 1. The van der Waals surface area contributed by atoms with Crippen LogP contribution in [0.25, 0.3) is 10.4 Å². The third-order valence-corrected chi connectivity index (χ3v) is 1.86. The second kappa shape index (κ2) is 3.79. The minimum atomic E-state index is -0.0730. The molecule has 0 aliphatic heterocycles. The molecule has 1 aromatic rings. The van der Waals surface area contributed by atoms with Crippen molar-refractivity contribution < 1.29 is 0 Å². The van der Waals surface area contributed by atoms with Crippen LogP contribution in [-0.4, -0.2) is 0 Å². The van der Waals surface area contributed by atoms with Crippen molar-refractivity contribution in [3.63, 3.8) is 0 Å². The summed E-state index contributed by atoms with van der Waals surface area (Å²) in [5.74, 6) is 0. The maximum absolute atomic E-state index is 8.25. The highest BCUT2D eigenvalue weighted by Gasteiger charge is 2.03. The molecule has 0 aliphatic carbocycles. The Balaban J connectivity index is 3.02. The van der Waals surface area contributed by atoms with Crippen LogP contribution in [0.15, 0.2) is 29.4 Å². The quantitative estimate of drug-likeness (QED) is 0.363. The van der Waals surface area contributed by atoms with E-state index < -0.39 is 0 Å². The van der Waals surface area contributed by atoms with Crippen molar-refractivity contribution in [3.05, 3.63) is 45.8 Å². The number of benzene rings is 1. The molecule has 1 rings (SSSR count). The zero-order valence-corrected chi connectivity index (χ0v) is 7.23. The van der Waals surface area contributed by atoms with Crippen LogP contribution in [0.5, 0.6) is 0 Å². The number of aryl methyl sites for hydroxylation is 1. The van der Waals surface area contributed by atoms with Crippen LogP contribution in [-0.2, 0) is 0 Å². The monoisotopic (exact) mass is 161 g/mol. The molecule has 0 heterocycles. The van der Waals surface area contributed by atoms with E-state index in [1.807, 2.05) is 38.1 Å². The summed E-state index contributed by atoms with van der Waals surface area (Å²) in [6, 6.07) is 7.84. The highest BCUT2D eigenvalue weighted by Crippen LogP contribution is 2.19. The Morgan fingerprint density at radius 1 is 1.42 bits per heavy atom. The predicted molar refractivity (Wildman–Crippen MR) is 48.7 cm³/mol. The molecular weight excluding hydrogens is 150 g/mol. The molecule has 0 radical (unpaired) electrons. The van der Waals surface area contributed by atoms with Gasteiger partial charge in [-0.15, -0.1) is 0 Å². The summed E-state index contributed by atoms with van der Waals surface area (Å²) in [6.07, 6.45) is 0. The Kier molecular flexibility index (Phi) is 2.72. The second-order valence-corrected chi connectivity index (χ2v) is 2.74. The first kappa shape index (κ1) is 8.62. The number of nitrogens with zero attached hydrogens (tertiary/aromatic N) is 3. The third kappa shape index (κ3) is 1.77. The molecule has 1 aromatic carbocycles. The Morgan fingerprint density at radius 3 is 2.67 bits per heavy atom. The van der Waals surface area contributed by atoms with Crippen LogP contribution in [0.4, 0.5) is 0 Å². The van der Waals surface area contributed by atoms with Crippen molar-refractivity contribution in [2.75, 3.05) is 0 Å². The van der Waals surface area contributed by atoms with Crippen molar-refractivity contribution in [2.24, 2.45) is 5.11 Å². The minimum absolute atomic E-state index is 0.0730. The van der Waals surface area contributed by atoms with Crippen LogP contribution in [0.3, 0.4) is 0 Å². The fraction of sp³-hybridized carbons (Fsp3) is 0.333. The van der Waals surface area contributed by atoms with Crippen molar-refractivity contribution in [3.8, 4) is 0 Å². The van der Waals surface area contributed by atoms with Crippen LogP contribution in [0.1, 0.15) is 24.1 Å². The molecule has 0 N–H and O–H groups in total. The highest BCUT2D eigenvalue weighted by atomic mass is 15.1. The molecule has 3 heteroatoms. The van der Waals surface area contributed by atoms with Crippen LogP contribution < -0.4 is 0 Å². The molecule has 3 nitrogen and oxygen atoms in total. The van der Waals surface area contributed by atoms with E-state index in [-0.39, 0.29) is 6.04 Å². The molecule has 62 valence electrons. The first-order valence-corrected chi connectivity index (χ1v) is 3.85. The van der Waals surface area contributed by atoms with Gasteiger partial charge < -0.3 is 0 Å². The van der Waals surface area contributed by atoms with Crippen molar-refractivity contribution in [2.45, 2.75) is 19.9 Å². The minimum Gasteiger partial charge on any atom is -0.0862 e. The maximum atomic E-state index is 8.25. The van der Waals surface area contributed by atoms with Crippen molar-refractivity contribution in [1.82, 2.24) is 0 Å². The fourth-order valence-electron chi connectivity index (χ4n) is 1.20. The lowest BCUT2D eigenvalue weighted by Crippen LogP contribution is -1.91. The molecule has 0 aliphatic rings. The Hall–Kier alpha value is -1.47. The van der Waals surface area contributed by atoms with Gasteiger partial charge in [-0.25, -0.2) is 0 Å². The fourth-order valence-corrected chi connectivity index (χ4v) is 1.20. The van der Waals surface area contributed by atoms with Crippen LogP contribution in [0.2, 0.25) is 0 Å². The van der Waals surface area contributed by atoms with Gasteiger partial charge in [0.05, 0.1) is 6.04 Å². The van der Waals surface area contributed by atoms with Gasteiger partial charge in [-0.3, -0.25) is 0 Å². The van der Waals surface area contributed by atoms with Gasteiger partial charge in [0.25, 0.3) is 0 Å². The SMILES string of the molecule is Cc1ccccc1[C@H](C)N=[N+]=[N-]. The lowest BCUT2D eigenvalue weighted by atomic mass is 10.0.